The van der Waals surface area contributed by atoms with E-state index in [0.717, 1.165) is 0 Å². The summed E-state index contributed by atoms with van der Waals surface area (Å²) < 4.78 is 51.8. The smallest absolute Gasteiger partial charge is 0.322 e. The highest BCUT2D eigenvalue weighted by atomic mass is 35.5. The van der Waals surface area contributed by atoms with Gasteiger partial charge in [-0.2, -0.15) is 8.78 Å². The van der Waals surface area contributed by atoms with E-state index in [4.69, 9.17) is 21.1 Å². The number of ether oxygens (including phenoxy) is 2. The number of aryl methyl sites for hydroxylation is 2. The molecule has 3 aromatic rings. The van der Waals surface area contributed by atoms with Gasteiger partial charge in [0.15, 0.2) is 0 Å². The minimum Gasteiger partial charge on any atom is -0.497 e. The Morgan fingerprint density at radius 2 is 1.65 bits per heavy atom. The average molecular weight is 455 g/mol. The molecule has 0 aliphatic heterocycles. The summed E-state index contributed by atoms with van der Waals surface area (Å²) in [4.78, 5) is 16.1. The molecule has 0 fully saturated rings. The third kappa shape index (κ3) is 5.19. The van der Waals surface area contributed by atoms with Gasteiger partial charge in [-0.1, -0.05) is 25.4 Å². The Morgan fingerprint density at radius 1 is 1.06 bits per heavy atom. The third-order valence-electron chi connectivity index (χ3n) is 4.24. The second-order valence-corrected chi connectivity index (χ2v) is 6.53. The topological polar surface area (TPSA) is 53.4 Å². The van der Waals surface area contributed by atoms with Gasteiger partial charge < -0.3 is 9.47 Å². The van der Waals surface area contributed by atoms with Crippen LogP contribution in [-0.4, -0.2) is 16.7 Å². The van der Waals surface area contributed by atoms with Crippen LogP contribution in [0.25, 0.3) is 11.3 Å². The molecule has 0 aliphatic carbocycles. The molecule has 0 unspecified atom stereocenters. The Kier molecular flexibility index (Phi) is 8.10. The lowest BCUT2D eigenvalue weighted by Crippen LogP contribution is -2.25. The van der Waals surface area contributed by atoms with E-state index in [9.17, 15) is 18.0 Å². The number of rotatable bonds is 5. The van der Waals surface area contributed by atoms with Crippen molar-refractivity contribution in [2.24, 2.45) is 0 Å². The molecular weight excluding hydrogens is 433 g/mol. The predicted octanol–water partition coefficient (Wildman–Crippen LogP) is 6.54. The van der Waals surface area contributed by atoms with Crippen LogP contribution < -0.4 is 15.0 Å². The largest absolute Gasteiger partial charge is 0.497 e. The Labute approximate surface area is 183 Å². The average Bonchev–Trinajstić information content (AvgIpc) is 2.74. The summed E-state index contributed by atoms with van der Waals surface area (Å²) in [7, 11) is 1.53. The lowest BCUT2D eigenvalue weighted by molar-refractivity contribution is 0.0628. The van der Waals surface area contributed by atoms with Gasteiger partial charge in [-0.3, -0.25) is 4.79 Å². The van der Waals surface area contributed by atoms with Gasteiger partial charge >= 0.3 is 6.55 Å². The van der Waals surface area contributed by atoms with Gasteiger partial charge in [0.05, 0.1) is 12.8 Å². The zero-order valence-corrected chi connectivity index (χ0v) is 18.4. The SMILES string of the molecule is CC.COc1ccc(Oc2cc(-c3nc(C)n(C(F)F)c(=O)c3Cl)c(F)cc2C)cc1. The van der Waals surface area contributed by atoms with Gasteiger partial charge in [-0.25, -0.2) is 13.9 Å². The zero-order chi connectivity index (χ0) is 23.3. The van der Waals surface area contributed by atoms with E-state index in [1.807, 2.05) is 13.8 Å². The van der Waals surface area contributed by atoms with Crippen LogP contribution in [-0.2, 0) is 0 Å². The summed E-state index contributed by atoms with van der Waals surface area (Å²) in [6, 6.07) is 9.25. The number of nitrogens with zero attached hydrogens (tertiary/aromatic N) is 2. The van der Waals surface area contributed by atoms with Crippen LogP contribution in [0.3, 0.4) is 0 Å². The van der Waals surface area contributed by atoms with E-state index in [1.54, 1.807) is 31.2 Å². The highest BCUT2D eigenvalue weighted by Gasteiger charge is 2.22. The van der Waals surface area contributed by atoms with E-state index in [1.165, 1.54) is 26.2 Å². The summed E-state index contributed by atoms with van der Waals surface area (Å²) >= 11 is 5.96. The quantitative estimate of drug-likeness (QED) is 0.439. The maximum atomic E-state index is 14.6. The van der Waals surface area contributed by atoms with Crippen LogP contribution in [0.5, 0.6) is 17.2 Å². The number of alkyl halides is 2. The summed E-state index contributed by atoms with van der Waals surface area (Å²) in [5, 5.41) is -0.603. The monoisotopic (exact) mass is 454 g/mol. The molecule has 0 atom stereocenters. The Balaban J connectivity index is 0.00000166. The molecule has 0 N–H and O–H groups in total. The number of methoxy groups -OCH3 is 1. The van der Waals surface area contributed by atoms with Gasteiger partial charge in [-0.05, 0) is 55.8 Å². The second-order valence-electron chi connectivity index (χ2n) is 6.15. The number of benzene rings is 2. The van der Waals surface area contributed by atoms with Gasteiger partial charge in [0, 0.05) is 5.56 Å². The van der Waals surface area contributed by atoms with Crippen molar-refractivity contribution in [1.29, 1.82) is 0 Å². The molecule has 3 rings (SSSR count). The van der Waals surface area contributed by atoms with Crippen molar-refractivity contribution in [3.8, 4) is 28.5 Å². The molecular formula is C22H22ClF3N2O3. The van der Waals surface area contributed by atoms with Crippen LogP contribution in [0.15, 0.2) is 41.2 Å². The van der Waals surface area contributed by atoms with Crippen LogP contribution in [0.1, 0.15) is 31.8 Å². The van der Waals surface area contributed by atoms with Crippen molar-refractivity contribution in [3.63, 3.8) is 0 Å². The molecule has 5 nitrogen and oxygen atoms in total. The first-order valence-corrected chi connectivity index (χ1v) is 9.80. The van der Waals surface area contributed by atoms with E-state index >= 15 is 0 Å². The van der Waals surface area contributed by atoms with Crippen molar-refractivity contribution >= 4 is 11.6 Å². The van der Waals surface area contributed by atoms with E-state index in [-0.39, 0.29) is 21.6 Å². The summed E-state index contributed by atoms with van der Waals surface area (Å²) in [6.45, 7) is 3.74. The number of halogens is 4. The number of aromatic nitrogens is 2. The molecule has 1 heterocycles. The van der Waals surface area contributed by atoms with Crippen LogP contribution in [0, 0.1) is 19.7 Å². The van der Waals surface area contributed by atoms with E-state index in [0.29, 0.717) is 22.8 Å². The number of hydrogen-bond acceptors (Lipinski definition) is 4. The Hall–Kier alpha value is -3.00. The fourth-order valence-electron chi connectivity index (χ4n) is 2.74. The van der Waals surface area contributed by atoms with Gasteiger partial charge in [0.2, 0.25) is 0 Å². The molecule has 166 valence electrons. The Morgan fingerprint density at radius 3 is 2.19 bits per heavy atom. The van der Waals surface area contributed by atoms with Gasteiger partial charge in [0.25, 0.3) is 5.56 Å². The van der Waals surface area contributed by atoms with Crippen molar-refractivity contribution in [2.45, 2.75) is 34.2 Å². The number of hydrogen-bond donors (Lipinski definition) is 0. The predicted molar refractivity (Wildman–Crippen MR) is 114 cm³/mol. The highest BCUT2D eigenvalue weighted by Crippen LogP contribution is 2.34. The maximum absolute atomic E-state index is 14.6. The third-order valence-corrected chi connectivity index (χ3v) is 4.58. The van der Waals surface area contributed by atoms with Gasteiger partial charge in [0.1, 0.15) is 33.9 Å². The first kappa shape index (κ1) is 24.3. The van der Waals surface area contributed by atoms with Crippen LogP contribution >= 0.6 is 11.6 Å². The first-order chi connectivity index (χ1) is 14.7. The summed E-state index contributed by atoms with van der Waals surface area (Å²) in [5.41, 5.74) is -1.04. The van der Waals surface area contributed by atoms with Crippen molar-refractivity contribution in [3.05, 3.63) is 69.0 Å². The van der Waals surface area contributed by atoms with E-state index < -0.39 is 22.9 Å². The van der Waals surface area contributed by atoms with Crippen molar-refractivity contribution < 1.29 is 22.6 Å². The maximum Gasteiger partial charge on any atom is 0.322 e. The zero-order valence-electron chi connectivity index (χ0n) is 17.7. The lowest BCUT2D eigenvalue weighted by Gasteiger charge is -2.15. The standard InChI is InChI=1S/C20H16ClF3N2O3.C2H6/c1-10-8-15(22)14(9-16(10)29-13-6-4-12(28-3)5-7-13)18-17(21)19(27)26(20(23)24)11(2)25-18;1-2/h4-9,20H,1-3H3;1-2H3. The Bertz CT molecular complexity index is 1120. The summed E-state index contributed by atoms with van der Waals surface area (Å²) in [6.07, 6.45) is 0. The molecule has 9 heteroatoms. The van der Waals surface area contributed by atoms with E-state index in [2.05, 4.69) is 4.98 Å². The molecule has 2 aromatic carbocycles. The molecule has 0 spiro atoms. The first-order valence-electron chi connectivity index (χ1n) is 9.42. The molecule has 31 heavy (non-hydrogen) atoms. The van der Waals surface area contributed by atoms with Crippen molar-refractivity contribution in [1.82, 2.24) is 9.55 Å². The fraction of sp³-hybridized carbons (Fsp3) is 0.273. The minimum atomic E-state index is -3.11. The second kappa shape index (κ2) is 10.3. The molecule has 0 aliphatic rings. The molecule has 0 saturated heterocycles. The molecule has 0 bridgehead atoms. The van der Waals surface area contributed by atoms with Gasteiger partial charge in [-0.15, -0.1) is 0 Å². The molecule has 0 radical (unpaired) electrons. The van der Waals surface area contributed by atoms with Crippen LogP contribution in [0.4, 0.5) is 13.2 Å². The molecule has 1 aromatic heterocycles. The lowest BCUT2D eigenvalue weighted by atomic mass is 10.1. The normalized spacial score (nSPS) is 10.5. The van der Waals surface area contributed by atoms with Crippen molar-refractivity contribution in [2.75, 3.05) is 7.11 Å². The highest BCUT2D eigenvalue weighted by molar-refractivity contribution is 6.32. The minimum absolute atomic E-state index is 0.134. The molecule has 0 saturated carbocycles. The molecule has 0 amide bonds. The summed E-state index contributed by atoms with van der Waals surface area (Å²) in [5.74, 6) is 0.393. The fourth-order valence-corrected chi connectivity index (χ4v) is 2.98. The van der Waals surface area contributed by atoms with Crippen LogP contribution in [0.2, 0.25) is 5.02 Å².